The first-order valence-corrected chi connectivity index (χ1v) is 23.0. The Balaban J connectivity index is 0.00000743. The fourth-order valence-corrected chi connectivity index (χ4v) is 10.6. The monoisotopic (exact) mass is 1120 g/mol. The smallest absolute Gasteiger partial charge is 0.135 e. The van der Waals surface area contributed by atoms with Gasteiger partial charge < -0.3 is 19.1 Å². The van der Waals surface area contributed by atoms with Crippen molar-refractivity contribution in [2.75, 3.05) is 9.80 Å². The van der Waals surface area contributed by atoms with E-state index in [4.69, 9.17) is 28.9 Å². The second-order valence-corrected chi connectivity index (χ2v) is 18.6. The predicted molar refractivity (Wildman–Crippen MR) is 289 cm³/mol. The third-order valence-electron chi connectivity index (χ3n) is 13.6. The van der Waals surface area contributed by atoms with Crippen molar-refractivity contribution in [1.82, 2.24) is 9.55 Å². The van der Waals surface area contributed by atoms with E-state index in [1.165, 1.54) is 6.07 Å². The third-order valence-corrected chi connectivity index (χ3v) is 13.6. The zero-order valence-electron chi connectivity index (χ0n) is 56.6. The average molecular weight is 1130 g/mol. The number of anilines is 4. The van der Waals surface area contributed by atoms with Crippen molar-refractivity contribution >= 4 is 44.6 Å². The van der Waals surface area contributed by atoms with E-state index in [1.54, 1.807) is 77.3 Å². The van der Waals surface area contributed by atoms with Crippen LogP contribution in [-0.4, -0.2) is 9.55 Å². The third kappa shape index (κ3) is 6.82. The number of rotatable bonds is 7. The molecular weight excluding hydrogens is 1060 g/mol. The van der Waals surface area contributed by atoms with Crippen LogP contribution in [0.15, 0.2) is 212 Å². The van der Waals surface area contributed by atoms with Crippen molar-refractivity contribution in [3.8, 4) is 39.6 Å². The molecule has 0 spiro atoms. The summed E-state index contributed by atoms with van der Waals surface area (Å²) in [6, 6.07) is 26.2. The zero-order chi connectivity index (χ0) is 63.0. The molecule has 3 heterocycles. The molecule has 0 N–H and O–H groups in total. The summed E-state index contributed by atoms with van der Waals surface area (Å²) in [6.07, 6.45) is 1.73. The topological polar surface area (TPSA) is 33.5 Å². The average Bonchev–Trinajstić information content (AvgIpc) is 1.29. The van der Waals surface area contributed by atoms with E-state index in [0.29, 0.717) is 55.8 Å². The van der Waals surface area contributed by atoms with E-state index in [1.807, 2.05) is 41.0 Å². The Morgan fingerprint density at radius 1 is 0.597 bits per heavy atom. The van der Waals surface area contributed by atoms with Gasteiger partial charge in [-0.25, -0.2) is 4.98 Å². The Morgan fingerprint density at radius 3 is 1.81 bits per heavy atom. The maximum Gasteiger partial charge on any atom is 0.135 e. The molecule has 0 saturated heterocycles. The number of benzene rings is 9. The van der Waals surface area contributed by atoms with Crippen molar-refractivity contribution in [2.45, 2.75) is 38.0 Å². The molecule has 0 fully saturated rings. The number of fused-ring (bicyclic) bond motifs is 4. The molecule has 72 heavy (non-hydrogen) atoms. The SMILES string of the molecule is [2H]c1c([2H])c([2H])c(-c2cccc(-c3c([2H])c([2H])c([2H])c([2H])c3[2H])c2N2[CH-]N(c3[c-]c(Oc4[c-]c5c(c6c4C4c7c([2H])c([2H])c([2H])c([2H])c7C6c6c([2H])c([2H])c([2H])c([2H])c64)c4ccccc4n5-c4cc(C(C)(C)C)ccn4)ccc3)c3ccccc32)c([2H])c1[2H].[Pt]. The number of nitrogens with zero attached hydrogens (tertiary/aromatic N) is 4. The van der Waals surface area contributed by atoms with Crippen LogP contribution in [0.1, 0.15) is 96.2 Å². The van der Waals surface area contributed by atoms with Gasteiger partial charge >= 0.3 is 0 Å². The predicted octanol–water partition coefficient (Wildman–Crippen LogP) is 16.6. The normalized spacial score (nSPS) is 18.7. The molecule has 0 amide bonds. The Morgan fingerprint density at radius 2 is 1.17 bits per heavy atom. The molecule has 15 rings (SSSR count). The molecule has 0 unspecified atom stereocenters. The maximum absolute atomic E-state index is 9.59. The number of hydrogen-bond acceptors (Lipinski definition) is 4. The van der Waals surface area contributed by atoms with Gasteiger partial charge in [-0.05, 0) is 86.0 Å². The molecule has 0 saturated carbocycles. The summed E-state index contributed by atoms with van der Waals surface area (Å²) in [5, 5.41) is 1.32. The van der Waals surface area contributed by atoms with Gasteiger partial charge in [-0.3, -0.25) is 0 Å². The number of hydrogen-bond donors (Lipinski definition) is 0. The van der Waals surface area contributed by atoms with Gasteiger partial charge in [-0.15, -0.1) is 42.2 Å². The summed E-state index contributed by atoms with van der Waals surface area (Å²) >= 11 is 0. The molecule has 4 aliphatic rings. The van der Waals surface area contributed by atoms with E-state index in [-0.39, 0.29) is 112 Å². The van der Waals surface area contributed by atoms with Crippen LogP contribution >= 0.6 is 0 Å². The minimum Gasteiger partial charge on any atom is -0.509 e. The van der Waals surface area contributed by atoms with Crippen molar-refractivity contribution in [3.05, 3.63) is 270 Å². The summed E-state index contributed by atoms with van der Waals surface area (Å²) in [5.41, 5.74) is 4.55. The molecule has 2 aromatic heterocycles. The standard InChI is InChI=1S/C66H47N4O.Pt/c1-66(2,3)44-36-37-67-59(38-44)70-54-33-15-14-30-53(54)62-57(70)40-58(63-60-49-26-10-12-28-51(49)61(64(62)63)52-29-13-11-27-50(52)60)71-46-25-18-24-45(39-46)68-41-69(56-35-17-16-34-55(56)68)65-47(42-20-6-4-7-21-42)31-19-32-48(65)43-22-8-5-9-23-43;/h4-38,41,60-61H,1-3H3;/q-3;/i4D,5D,6D,7D,8D,9D,10D,11D,12D,13D,20D,21D,22D,23D,26D,27D,28D,29D;. The van der Waals surface area contributed by atoms with Crippen LogP contribution in [0.3, 0.4) is 0 Å². The Labute approximate surface area is 460 Å². The fraction of sp³-hybridized carbons (Fsp3) is 0.0909. The number of aromatic nitrogens is 2. The first-order chi connectivity index (χ1) is 42.3. The second kappa shape index (κ2) is 17.1. The van der Waals surface area contributed by atoms with Crippen molar-refractivity contribution in [2.24, 2.45) is 0 Å². The number of ether oxygens (including phenoxy) is 1. The van der Waals surface area contributed by atoms with Gasteiger partial charge in [0.2, 0.25) is 0 Å². The molecular formula is C66H47N4OPt-3. The maximum atomic E-state index is 9.59. The molecule has 350 valence electrons. The number of pyridine rings is 1. The molecule has 0 radical (unpaired) electrons. The Hall–Kier alpha value is -7.98. The molecule has 11 aromatic rings. The Kier molecular flexibility index (Phi) is 6.84. The van der Waals surface area contributed by atoms with Crippen LogP contribution in [-0.2, 0) is 26.5 Å². The quantitative estimate of drug-likeness (QED) is 0.149. The van der Waals surface area contributed by atoms with Gasteiger partial charge in [-0.1, -0.05) is 195 Å². The van der Waals surface area contributed by atoms with Gasteiger partial charge in [-0.2, -0.15) is 6.07 Å². The van der Waals surface area contributed by atoms with Crippen LogP contribution in [0.2, 0.25) is 0 Å². The summed E-state index contributed by atoms with van der Waals surface area (Å²) in [4.78, 5) is 8.33. The van der Waals surface area contributed by atoms with Gasteiger partial charge in [0.25, 0.3) is 0 Å². The molecule has 5 nitrogen and oxygen atoms in total. The largest absolute Gasteiger partial charge is 0.509 e. The van der Waals surface area contributed by atoms with Crippen molar-refractivity contribution in [3.63, 3.8) is 0 Å². The number of para-hydroxylation sites is 4. The van der Waals surface area contributed by atoms with E-state index in [0.717, 1.165) is 5.56 Å². The van der Waals surface area contributed by atoms with E-state index in [9.17, 15) is 5.48 Å². The molecule has 6 heteroatoms. The molecule has 2 bridgehead atoms. The first-order valence-electron chi connectivity index (χ1n) is 32.0. The fourth-order valence-electron chi connectivity index (χ4n) is 10.6. The summed E-state index contributed by atoms with van der Waals surface area (Å²) in [5.74, 6) is -1.75. The van der Waals surface area contributed by atoms with Crippen LogP contribution in [0, 0.1) is 18.8 Å². The van der Waals surface area contributed by atoms with Crippen LogP contribution < -0.4 is 14.5 Å². The minimum absolute atomic E-state index is 0. The van der Waals surface area contributed by atoms with Gasteiger partial charge in [0, 0.05) is 78.4 Å². The van der Waals surface area contributed by atoms with E-state index < -0.39 is 96.4 Å². The van der Waals surface area contributed by atoms with Gasteiger partial charge in [0.15, 0.2) is 0 Å². The Bertz CT molecular complexity index is 4790. The summed E-state index contributed by atoms with van der Waals surface area (Å²) < 4.78 is 172. The van der Waals surface area contributed by atoms with Crippen LogP contribution in [0.4, 0.5) is 22.7 Å². The minimum atomic E-state index is -1.25. The van der Waals surface area contributed by atoms with E-state index >= 15 is 0 Å². The van der Waals surface area contributed by atoms with E-state index in [2.05, 4.69) is 32.9 Å². The van der Waals surface area contributed by atoms with Crippen LogP contribution in [0.5, 0.6) is 11.5 Å². The van der Waals surface area contributed by atoms with Crippen molar-refractivity contribution in [1.29, 1.82) is 0 Å². The first kappa shape index (κ1) is 28.8. The molecule has 3 aliphatic carbocycles. The molecule has 9 aromatic carbocycles. The summed E-state index contributed by atoms with van der Waals surface area (Å²) in [7, 11) is 0. The van der Waals surface area contributed by atoms with Crippen LogP contribution in [0.25, 0.3) is 49.9 Å². The second-order valence-electron chi connectivity index (χ2n) is 18.6. The van der Waals surface area contributed by atoms with Gasteiger partial charge in [0.05, 0.1) is 24.7 Å². The summed E-state index contributed by atoms with van der Waals surface area (Å²) in [6.45, 7) is 7.92. The molecule has 0 atom stereocenters. The molecule has 1 aliphatic heterocycles. The van der Waals surface area contributed by atoms with Crippen molar-refractivity contribution < 1.29 is 50.5 Å². The van der Waals surface area contributed by atoms with Gasteiger partial charge in [0.1, 0.15) is 5.82 Å². The zero-order valence-corrected chi connectivity index (χ0v) is 40.8.